The fourth-order valence-electron chi connectivity index (χ4n) is 4.29. The Labute approximate surface area is 164 Å². The smallest absolute Gasteiger partial charge is 0.326 e. The van der Waals surface area contributed by atoms with Crippen molar-refractivity contribution in [2.45, 2.75) is 25.3 Å². The molecular weight excluding hydrogens is 356 g/mol. The van der Waals surface area contributed by atoms with Crippen molar-refractivity contribution in [3.8, 4) is 11.5 Å². The Balaban J connectivity index is 1.56. The van der Waals surface area contributed by atoms with Crippen LogP contribution in [0.25, 0.3) is 0 Å². The largest absolute Gasteiger partial charge is 0.480 e. The summed E-state index contributed by atoms with van der Waals surface area (Å²) in [5, 5.41) is 13.0. The van der Waals surface area contributed by atoms with E-state index in [1.54, 1.807) is 24.3 Å². The Morgan fingerprint density at radius 3 is 2.46 bits per heavy atom. The van der Waals surface area contributed by atoms with Crippen molar-refractivity contribution >= 4 is 11.9 Å². The second-order valence-electron chi connectivity index (χ2n) is 7.68. The second kappa shape index (κ2) is 7.64. The number of para-hydroxylation sites is 1. The zero-order chi connectivity index (χ0) is 19.6. The third kappa shape index (κ3) is 3.73. The lowest BCUT2D eigenvalue weighted by molar-refractivity contribution is -0.141. The van der Waals surface area contributed by atoms with E-state index < -0.39 is 12.0 Å². The minimum atomic E-state index is -0.930. The van der Waals surface area contributed by atoms with Gasteiger partial charge in [-0.3, -0.25) is 4.79 Å². The number of ether oxygens (including phenoxy) is 1. The fourth-order valence-corrected chi connectivity index (χ4v) is 4.29. The van der Waals surface area contributed by atoms with Crippen molar-refractivity contribution in [2.24, 2.45) is 5.41 Å². The molecule has 2 fully saturated rings. The van der Waals surface area contributed by atoms with Crippen molar-refractivity contribution in [1.82, 2.24) is 10.2 Å². The van der Waals surface area contributed by atoms with E-state index in [9.17, 15) is 14.7 Å². The quantitative estimate of drug-likeness (QED) is 0.852. The van der Waals surface area contributed by atoms with Crippen LogP contribution < -0.4 is 10.1 Å². The highest BCUT2D eigenvalue weighted by Gasteiger charge is 2.49. The molecular formula is C22H24N2O4. The first kappa shape index (κ1) is 18.5. The van der Waals surface area contributed by atoms with E-state index in [2.05, 4.69) is 5.32 Å². The summed E-state index contributed by atoms with van der Waals surface area (Å²) in [5.41, 5.74) is 0.355. The van der Waals surface area contributed by atoms with Crippen LogP contribution in [0.5, 0.6) is 11.5 Å². The standard InChI is InChI=1S/C22H24N2O4/c25-20(16-5-4-8-18(13-16)28-17-6-2-1-3-7-17)24-15-22(9-11-23-12-10-22)14-19(24)21(26)27/h1-8,13,19,23H,9-12,14-15H2,(H,26,27)/t19-/m1/s1. The average Bonchev–Trinajstić information content (AvgIpc) is 3.08. The first-order valence-electron chi connectivity index (χ1n) is 9.64. The predicted molar refractivity (Wildman–Crippen MR) is 105 cm³/mol. The molecule has 1 spiro atoms. The molecule has 146 valence electrons. The highest BCUT2D eigenvalue weighted by molar-refractivity contribution is 5.97. The number of carboxylic acids is 1. The van der Waals surface area contributed by atoms with Gasteiger partial charge in [0.25, 0.3) is 5.91 Å². The molecule has 0 saturated carbocycles. The Kier molecular flexibility index (Phi) is 5.05. The molecule has 6 nitrogen and oxygen atoms in total. The van der Waals surface area contributed by atoms with E-state index in [-0.39, 0.29) is 11.3 Å². The minimum absolute atomic E-state index is 0.0951. The molecule has 2 N–H and O–H groups in total. The maximum atomic E-state index is 13.2. The molecule has 6 heteroatoms. The van der Waals surface area contributed by atoms with Crippen molar-refractivity contribution in [3.05, 3.63) is 60.2 Å². The zero-order valence-corrected chi connectivity index (χ0v) is 15.6. The van der Waals surface area contributed by atoms with Crippen LogP contribution in [0.15, 0.2) is 54.6 Å². The minimum Gasteiger partial charge on any atom is -0.480 e. The van der Waals surface area contributed by atoms with Gasteiger partial charge in [0.2, 0.25) is 0 Å². The third-order valence-corrected chi connectivity index (χ3v) is 5.78. The number of piperidine rings is 1. The average molecular weight is 380 g/mol. The summed E-state index contributed by atoms with van der Waals surface area (Å²) in [6.07, 6.45) is 2.32. The molecule has 28 heavy (non-hydrogen) atoms. The van der Waals surface area contributed by atoms with Crippen molar-refractivity contribution in [2.75, 3.05) is 19.6 Å². The van der Waals surface area contributed by atoms with Crippen LogP contribution in [0.4, 0.5) is 0 Å². The molecule has 2 saturated heterocycles. The summed E-state index contributed by atoms with van der Waals surface area (Å²) < 4.78 is 5.82. The molecule has 1 amide bonds. The molecule has 0 bridgehead atoms. The first-order chi connectivity index (χ1) is 13.6. The van der Waals surface area contributed by atoms with E-state index in [1.807, 2.05) is 30.3 Å². The molecule has 2 aromatic carbocycles. The van der Waals surface area contributed by atoms with Crippen molar-refractivity contribution in [3.63, 3.8) is 0 Å². The summed E-state index contributed by atoms with van der Waals surface area (Å²) in [6, 6.07) is 15.5. The molecule has 0 radical (unpaired) electrons. The topological polar surface area (TPSA) is 78.9 Å². The summed E-state index contributed by atoms with van der Waals surface area (Å²) in [7, 11) is 0. The van der Waals surface area contributed by atoms with Gasteiger partial charge in [0.1, 0.15) is 17.5 Å². The highest BCUT2D eigenvalue weighted by atomic mass is 16.5. The normalized spacial score (nSPS) is 20.9. The first-order valence-corrected chi connectivity index (χ1v) is 9.64. The number of hydrogen-bond donors (Lipinski definition) is 2. The van der Waals surface area contributed by atoms with Gasteiger partial charge in [-0.1, -0.05) is 24.3 Å². The lowest BCUT2D eigenvalue weighted by Gasteiger charge is -2.33. The van der Waals surface area contributed by atoms with Gasteiger partial charge in [-0.2, -0.15) is 0 Å². The summed E-state index contributed by atoms with van der Waals surface area (Å²) in [5.74, 6) is 0.0619. The van der Waals surface area contributed by atoms with Crippen LogP contribution in [0, 0.1) is 5.41 Å². The molecule has 2 heterocycles. The number of rotatable bonds is 4. The second-order valence-corrected chi connectivity index (χ2v) is 7.68. The summed E-state index contributed by atoms with van der Waals surface area (Å²) >= 11 is 0. The summed E-state index contributed by atoms with van der Waals surface area (Å²) in [4.78, 5) is 26.6. The van der Waals surface area contributed by atoms with Crippen LogP contribution in [0.1, 0.15) is 29.6 Å². The van der Waals surface area contributed by atoms with Crippen LogP contribution >= 0.6 is 0 Å². The van der Waals surface area contributed by atoms with E-state index in [1.165, 1.54) is 4.90 Å². The molecule has 1 atom stereocenters. The molecule has 2 aliphatic rings. The number of carbonyl (C=O) groups is 2. The van der Waals surface area contributed by atoms with Gasteiger partial charge in [-0.15, -0.1) is 0 Å². The van der Waals surface area contributed by atoms with E-state index >= 15 is 0 Å². The van der Waals surface area contributed by atoms with Gasteiger partial charge in [0.15, 0.2) is 0 Å². The number of benzene rings is 2. The lowest BCUT2D eigenvalue weighted by atomic mass is 9.77. The molecule has 2 aliphatic heterocycles. The third-order valence-electron chi connectivity index (χ3n) is 5.78. The van der Waals surface area contributed by atoms with Gasteiger partial charge >= 0.3 is 5.97 Å². The Hall–Kier alpha value is -2.86. The number of amides is 1. The Morgan fingerprint density at radius 1 is 1.04 bits per heavy atom. The van der Waals surface area contributed by atoms with Gasteiger partial charge < -0.3 is 20.1 Å². The molecule has 0 aliphatic carbocycles. The van der Waals surface area contributed by atoms with E-state index in [4.69, 9.17) is 4.74 Å². The predicted octanol–water partition coefficient (Wildman–Crippen LogP) is 3.15. The molecule has 0 unspecified atom stereocenters. The molecule has 2 aromatic rings. The molecule has 0 aromatic heterocycles. The number of hydrogen-bond acceptors (Lipinski definition) is 4. The van der Waals surface area contributed by atoms with Crippen LogP contribution in [-0.4, -0.2) is 47.6 Å². The van der Waals surface area contributed by atoms with Gasteiger partial charge in [-0.25, -0.2) is 4.79 Å². The van der Waals surface area contributed by atoms with Crippen molar-refractivity contribution in [1.29, 1.82) is 0 Å². The number of likely N-dealkylation sites (tertiary alicyclic amines) is 1. The SMILES string of the molecule is O=C(O)[C@H]1CC2(CCNCC2)CN1C(=O)c1cccc(Oc2ccccc2)c1. The van der Waals surface area contributed by atoms with Crippen LogP contribution in [0.2, 0.25) is 0 Å². The van der Waals surface area contributed by atoms with Crippen LogP contribution in [0.3, 0.4) is 0 Å². The summed E-state index contributed by atoms with van der Waals surface area (Å²) in [6.45, 7) is 2.23. The zero-order valence-electron chi connectivity index (χ0n) is 15.6. The number of carbonyl (C=O) groups excluding carboxylic acids is 1. The monoisotopic (exact) mass is 380 g/mol. The van der Waals surface area contributed by atoms with E-state index in [0.29, 0.717) is 30.0 Å². The number of carboxylic acid groups (broad SMARTS) is 1. The Morgan fingerprint density at radius 2 is 1.75 bits per heavy atom. The Bertz CT molecular complexity index is 862. The van der Waals surface area contributed by atoms with E-state index in [0.717, 1.165) is 25.9 Å². The van der Waals surface area contributed by atoms with Gasteiger partial charge in [0, 0.05) is 12.1 Å². The van der Waals surface area contributed by atoms with Crippen LogP contribution in [-0.2, 0) is 4.79 Å². The maximum Gasteiger partial charge on any atom is 0.326 e. The number of nitrogens with zero attached hydrogens (tertiary/aromatic N) is 1. The van der Waals surface area contributed by atoms with Gasteiger partial charge in [-0.05, 0) is 68.1 Å². The fraction of sp³-hybridized carbons (Fsp3) is 0.364. The van der Waals surface area contributed by atoms with Gasteiger partial charge in [0.05, 0.1) is 0 Å². The maximum absolute atomic E-state index is 13.2. The van der Waals surface area contributed by atoms with Crippen molar-refractivity contribution < 1.29 is 19.4 Å². The number of nitrogens with one attached hydrogen (secondary N) is 1. The molecule has 4 rings (SSSR count). The highest BCUT2D eigenvalue weighted by Crippen LogP contribution is 2.42. The number of aliphatic carboxylic acids is 1. The lowest BCUT2D eigenvalue weighted by Crippen LogP contribution is -2.41.